The minimum absolute atomic E-state index is 0.0486. The Kier molecular flexibility index (Phi) is 7.35. The van der Waals surface area contributed by atoms with Crippen molar-refractivity contribution in [3.05, 3.63) is 33.8 Å². The zero-order valence-corrected chi connectivity index (χ0v) is 13.5. The number of benzene rings is 1. The largest absolute Gasteiger partial charge is 0.350 e. The lowest BCUT2D eigenvalue weighted by Crippen LogP contribution is -2.26. The van der Waals surface area contributed by atoms with E-state index in [-0.39, 0.29) is 11.9 Å². The van der Waals surface area contributed by atoms with Crippen molar-refractivity contribution in [3.8, 4) is 0 Å². The first kappa shape index (κ1) is 17.3. The molecule has 1 rings (SSSR count). The van der Waals surface area contributed by atoms with Crippen LogP contribution in [0.4, 0.5) is 0 Å². The number of halogens is 2. The van der Waals surface area contributed by atoms with Gasteiger partial charge >= 0.3 is 0 Å². The summed E-state index contributed by atoms with van der Waals surface area (Å²) in [4.78, 5) is 11.9. The maximum absolute atomic E-state index is 11.9. The number of nitrogens with one attached hydrogen (secondary N) is 1. The lowest BCUT2D eigenvalue weighted by Gasteiger charge is -2.16. The van der Waals surface area contributed by atoms with Crippen molar-refractivity contribution in [1.82, 2.24) is 5.32 Å². The third kappa shape index (κ3) is 5.70. The molecule has 0 saturated heterocycles. The maximum atomic E-state index is 11.9. The second-order valence-corrected chi connectivity index (χ2v) is 6.00. The molecule has 3 N–H and O–H groups in total. The predicted octanol–water partition coefficient (Wildman–Crippen LogP) is 3.94. The number of hydrogen-bond donors (Lipinski definition) is 2. The summed E-state index contributed by atoms with van der Waals surface area (Å²) in [5.74, 6) is 0.526. The van der Waals surface area contributed by atoms with Crippen LogP contribution in [0.3, 0.4) is 0 Å². The maximum Gasteiger partial charge on any atom is 0.220 e. The van der Waals surface area contributed by atoms with Gasteiger partial charge in [0.15, 0.2) is 0 Å². The summed E-state index contributed by atoms with van der Waals surface area (Å²) in [7, 11) is 0. The van der Waals surface area contributed by atoms with Crippen LogP contribution >= 0.6 is 23.2 Å². The predicted molar refractivity (Wildman–Crippen MR) is 85.1 cm³/mol. The fourth-order valence-corrected chi connectivity index (χ4v) is 2.29. The van der Waals surface area contributed by atoms with E-state index in [2.05, 4.69) is 12.2 Å². The molecule has 5 heteroatoms. The molecule has 112 valence electrons. The molecule has 0 saturated carbocycles. The van der Waals surface area contributed by atoms with Gasteiger partial charge in [0.1, 0.15) is 0 Å². The van der Waals surface area contributed by atoms with Crippen LogP contribution < -0.4 is 11.1 Å². The van der Waals surface area contributed by atoms with E-state index >= 15 is 0 Å². The van der Waals surface area contributed by atoms with E-state index in [9.17, 15) is 4.79 Å². The molecule has 0 aliphatic carbocycles. The molecular weight excluding hydrogens is 295 g/mol. The number of rotatable bonds is 7. The molecule has 1 amide bonds. The van der Waals surface area contributed by atoms with Crippen molar-refractivity contribution >= 4 is 29.1 Å². The Balaban J connectivity index is 2.46. The van der Waals surface area contributed by atoms with Gasteiger partial charge in [0, 0.05) is 6.42 Å². The van der Waals surface area contributed by atoms with Gasteiger partial charge in [-0.05, 0) is 49.9 Å². The second-order valence-electron chi connectivity index (χ2n) is 5.18. The van der Waals surface area contributed by atoms with Gasteiger partial charge in [-0.2, -0.15) is 0 Å². The fourth-order valence-electron chi connectivity index (χ4n) is 1.99. The molecule has 0 radical (unpaired) electrons. The van der Waals surface area contributed by atoms with Gasteiger partial charge in [0.2, 0.25) is 5.91 Å². The van der Waals surface area contributed by atoms with Crippen molar-refractivity contribution in [1.29, 1.82) is 0 Å². The van der Waals surface area contributed by atoms with Crippen LogP contribution in [-0.4, -0.2) is 12.5 Å². The molecule has 0 aromatic heterocycles. The minimum atomic E-state index is -0.0814. The molecule has 2 atom stereocenters. The second kappa shape index (κ2) is 8.50. The van der Waals surface area contributed by atoms with Crippen LogP contribution in [0.2, 0.25) is 10.0 Å². The molecule has 0 fully saturated rings. The fraction of sp³-hybridized carbons (Fsp3) is 0.533. The highest BCUT2D eigenvalue weighted by Gasteiger charge is 2.12. The zero-order valence-electron chi connectivity index (χ0n) is 12.0. The summed E-state index contributed by atoms with van der Waals surface area (Å²) in [6, 6.07) is 5.31. The monoisotopic (exact) mass is 316 g/mol. The summed E-state index contributed by atoms with van der Waals surface area (Å²) < 4.78 is 0. The number of amides is 1. The van der Waals surface area contributed by atoms with Gasteiger partial charge in [-0.15, -0.1) is 0 Å². The Bertz CT molecular complexity index is 451. The Morgan fingerprint density at radius 3 is 2.55 bits per heavy atom. The molecule has 2 unspecified atom stereocenters. The molecule has 0 spiro atoms. The molecule has 0 bridgehead atoms. The van der Waals surface area contributed by atoms with Crippen molar-refractivity contribution in [2.24, 2.45) is 11.7 Å². The van der Waals surface area contributed by atoms with Crippen LogP contribution in [0.1, 0.15) is 44.7 Å². The minimum Gasteiger partial charge on any atom is -0.350 e. The Morgan fingerprint density at radius 2 is 1.95 bits per heavy atom. The van der Waals surface area contributed by atoms with Gasteiger partial charge in [-0.3, -0.25) is 4.79 Å². The van der Waals surface area contributed by atoms with Crippen molar-refractivity contribution in [2.75, 3.05) is 6.54 Å². The van der Waals surface area contributed by atoms with E-state index in [1.807, 2.05) is 13.0 Å². The quantitative estimate of drug-likeness (QED) is 0.800. The molecule has 1 aromatic carbocycles. The average Bonchev–Trinajstić information content (AvgIpc) is 2.40. The number of nitrogens with two attached hydrogens (primary N) is 1. The van der Waals surface area contributed by atoms with E-state index < -0.39 is 0 Å². The molecule has 3 nitrogen and oxygen atoms in total. The van der Waals surface area contributed by atoms with E-state index in [0.717, 1.165) is 18.4 Å². The molecule has 0 heterocycles. The summed E-state index contributed by atoms with van der Waals surface area (Å²) in [6.45, 7) is 4.71. The van der Waals surface area contributed by atoms with Gasteiger partial charge in [-0.25, -0.2) is 0 Å². The SMILES string of the molecule is CC(CCN)CCC(=O)NC(C)c1ccc(Cl)c(Cl)c1. The van der Waals surface area contributed by atoms with Crippen LogP contribution in [-0.2, 0) is 4.79 Å². The number of carbonyl (C=O) groups is 1. The first-order valence-corrected chi connectivity index (χ1v) is 7.64. The van der Waals surface area contributed by atoms with Crippen LogP contribution in [0.25, 0.3) is 0 Å². The highest BCUT2D eigenvalue weighted by Crippen LogP contribution is 2.25. The van der Waals surface area contributed by atoms with Gasteiger partial charge in [0.25, 0.3) is 0 Å². The van der Waals surface area contributed by atoms with Crippen LogP contribution in [0.5, 0.6) is 0 Å². The standard InChI is InChI=1S/C15H22Cl2N2O/c1-10(7-8-18)3-6-15(20)19-11(2)12-4-5-13(16)14(17)9-12/h4-5,9-11H,3,6-8,18H2,1-2H3,(H,19,20). The van der Waals surface area contributed by atoms with Gasteiger partial charge in [-0.1, -0.05) is 36.2 Å². The first-order valence-electron chi connectivity index (χ1n) is 6.88. The highest BCUT2D eigenvalue weighted by atomic mass is 35.5. The Hall–Kier alpha value is -0.770. The number of hydrogen-bond acceptors (Lipinski definition) is 2. The van der Waals surface area contributed by atoms with E-state index in [0.29, 0.717) is 28.9 Å². The van der Waals surface area contributed by atoms with Gasteiger partial charge in [0.05, 0.1) is 16.1 Å². The summed E-state index contributed by atoms with van der Waals surface area (Å²) in [5, 5.41) is 3.99. The first-order chi connectivity index (χ1) is 9.43. The van der Waals surface area contributed by atoms with E-state index in [1.54, 1.807) is 12.1 Å². The smallest absolute Gasteiger partial charge is 0.220 e. The lowest BCUT2D eigenvalue weighted by atomic mass is 10.0. The Morgan fingerprint density at radius 1 is 1.25 bits per heavy atom. The van der Waals surface area contributed by atoms with Crippen molar-refractivity contribution in [3.63, 3.8) is 0 Å². The Labute approximate surface area is 130 Å². The van der Waals surface area contributed by atoms with Crippen LogP contribution in [0, 0.1) is 5.92 Å². The normalized spacial score (nSPS) is 13.8. The molecular formula is C15H22Cl2N2O. The summed E-state index contributed by atoms with van der Waals surface area (Å²) in [5.41, 5.74) is 6.44. The third-order valence-electron chi connectivity index (χ3n) is 3.34. The summed E-state index contributed by atoms with van der Waals surface area (Å²) >= 11 is 11.9. The van der Waals surface area contributed by atoms with Crippen LogP contribution in [0.15, 0.2) is 18.2 Å². The molecule has 20 heavy (non-hydrogen) atoms. The zero-order chi connectivity index (χ0) is 15.1. The number of carbonyl (C=O) groups excluding carboxylic acids is 1. The molecule has 0 aliphatic heterocycles. The summed E-state index contributed by atoms with van der Waals surface area (Å²) in [6.07, 6.45) is 2.33. The van der Waals surface area contributed by atoms with Crippen molar-refractivity contribution in [2.45, 2.75) is 39.2 Å². The van der Waals surface area contributed by atoms with Gasteiger partial charge < -0.3 is 11.1 Å². The van der Waals surface area contributed by atoms with Crippen molar-refractivity contribution < 1.29 is 4.79 Å². The highest BCUT2D eigenvalue weighted by molar-refractivity contribution is 6.42. The average molecular weight is 317 g/mol. The third-order valence-corrected chi connectivity index (χ3v) is 4.08. The lowest BCUT2D eigenvalue weighted by molar-refractivity contribution is -0.122. The van der Waals surface area contributed by atoms with E-state index in [1.165, 1.54) is 0 Å². The van der Waals surface area contributed by atoms with E-state index in [4.69, 9.17) is 28.9 Å². The molecule has 1 aromatic rings. The topological polar surface area (TPSA) is 55.1 Å². The molecule has 0 aliphatic rings.